The first-order valence-electron chi connectivity index (χ1n) is 6.95. The van der Waals surface area contributed by atoms with Crippen molar-refractivity contribution >= 4 is 0 Å². The molecule has 0 atom stereocenters. The minimum Gasteiger partial charge on any atom is -0.508 e. The van der Waals surface area contributed by atoms with Crippen LogP contribution < -0.4 is 10.5 Å². The summed E-state index contributed by atoms with van der Waals surface area (Å²) < 4.78 is 5.43. The zero-order chi connectivity index (χ0) is 14.2. The van der Waals surface area contributed by atoms with Gasteiger partial charge in [0.25, 0.3) is 0 Å². The van der Waals surface area contributed by atoms with Crippen molar-refractivity contribution in [3.05, 3.63) is 24.3 Å². The van der Waals surface area contributed by atoms with E-state index in [4.69, 9.17) is 15.6 Å². The van der Waals surface area contributed by atoms with Gasteiger partial charge in [-0.15, -0.1) is 0 Å². The van der Waals surface area contributed by atoms with Crippen molar-refractivity contribution in [2.24, 2.45) is 5.73 Å². The van der Waals surface area contributed by atoms with E-state index in [1.807, 2.05) is 33.8 Å². The predicted molar refractivity (Wildman–Crippen MR) is 81.3 cm³/mol. The van der Waals surface area contributed by atoms with E-state index in [2.05, 4.69) is 0 Å². The third-order valence-corrected chi connectivity index (χ3v) is 1.93. The Morgan fingerprint density at radius 3 is 2.33 bits per heavy atom. The highest BCUT2D eigenvalue weighted by molar-refractivity contribution is 5.31. The van der Waals surface area contributed by atoms with Crippen molar-refractivity contribution in [1.29, 1.82) is 0 Å². The molecule has 108 valence electrons. The van der Waals surface area contributed by atoms with Crippen molar-refractivity contribution in [3.63, 3.8) is 0 Å². The zero-order valence-corrected chi connectivity index (χ0v) is 12.3. The maximum Gasteiger partial charge on any atom is 0.122 e. The van der Waals surface area contributed by atoms with E-state index in [-0.39, 0.29) is 7.18 Å². The van der Waals surface area contributed by atoms with Crippen LogP contribution in [-0.2, 0) is 0 Å². The molecule has 0 spiro atoms. The van der Waals surface area contributed by atoms with Crippen LogP contribution in [-0.4, -0.2) is 18.3 Å². The van der Waals surface area contributed by atoms with Crippen LogP contribution in [0.4, 0.5) is 0 Å². The predicted octanol–water partition coefficient (Wildman–Crippen LogP) is 4.20. The van der Waals surface area contributed by atoms with Crippen LogP contribution in [0.2, 0.25) is 0 Å². The van der Waals surface area contributed by atoms with Gasteiger partial charge in [0.15, 0.2) is 0 Å². The van der Waals surface area contributed by atoms with E-state index in [1.54, 1.807) is 18.2 Å². The average molecular weight is 257 g/mol. The van der Waals surface area contributed by atoms with Gasteiger partial charge < -0.3 is 15.6 Å². The summed E-state index contributed by atoms with van der Waals surface area (Å²) in [4.78, 5) is 0. The largest absolute Gasteiger partial charge is 0.508 e. The molecule has 1 rings (SSSR count). The highest BCUT2D eigenvalue weighted by atomic mass is 16.5. The van der Waals surface area contributed by atoms with Crippen LogP contribution in [0.3, 0.4) is 0 Å². The third-order valence-electron chi connectivity index (χ3n) is 1.93. The van der Waals surface area contributed by atoms with Crippen molar-refractivity contribution in [2.75, 3.05) is 13.2 Å². The highest BCUT2D eigenvalue weighted by Gasteiger charge is 1.94. The summed E-state index contributed by atoms with van der Waals surface area (Å²) in [7, 11) is 0. The van der Waals surface area contributed by atoms with Gasteiger partial charge in [-0.25, -0.2) is 0 Å². The van der Waals surface area contributed by atoms with Crippen LogP contribution in [0.15, 0.2) is 24.3 Å². The molecule has 3 N–H and O–H groups in total. The van der Waals surface area contributed by atoms with Gasteiger partial charge in [-0.3, -0.25) is 0 Å². The van der Waals surface area contributed by atoms with Gasteiger partial charge in [-0.05, 0) is 37.9 Å². The second kappa shape index (κ2) is 15.8. The summed E-state index contributed by atoms with van der Waals surface area (Å²) in [6.07, 6.45) is 3.14. The quantitative estimate of drug-likeness (QED) is 0.751. The Bertz CT molecular complexity index is 270. The van der Waals surface area contributed by atoms with E-state index < -0.39 is 0 Å². The Kier molecular flexibility index (Phi) is 16.8. The fourth-order valence-corrected chi connectivity index (χ4v) is 1.19. The summed E-state index contributed by atoms with van der Waals surface area (Å²) in [6.45, 7) is 9.43. The molecule has 0 aliphatic carbocycles. The summed E-state index contributed by atoms with van der Waals surface area (Å²) >= 11 is 0. The molecule has 0 aliphatic rings. The fraction of sp³-hybridized carbons (Fsp3) is 0.600. The molecule has 3 heteroatoms. The number of aromatic hydroxyl groups is 1. The summed E-state index contributed by atoms with van der Waals surface area (Å²) in [5.41, 5.74) is 5.37. The fourth-order valence-electron chi connectivity index (χ4n) is 1.19. The molecule has 0 fully saturated rings. The van der Waals surface area contributed by atoms with Gasteiger partial charge in [-0.1, -0.05) is 33.8 Å². The van der Waals surface area contributed by atoms with Crippen LogP contribution in [0.5, 0.6) is 11.5 Å². The molecule has 1 aromatic carbocycles. The van der Waals surface area contributed by atoms with Crippen LogP contribution in [0, 0.1) is 0 Å². The first-order chi connectivity index (χ1) is 8.83. The third kappa shape index (κ3) is 11.3. The minimum atomic E-state index is 0. The molecule has 0 aromatic heterocycles. The normalized spacial score (nSPS) is 8.50. The van der Waals surface area contributed by atoms with E-state index in [9.17, 15) is 0 Å². The van der Waals surface area contributed by atoms with E-state index in [0.717, 1.165) is 31.6 Å². The standard InChI is InChI=1S/C11H17NO2.2C2H6.H2/c12-7-2-1-3-8-14-11-6-4-5-10(13)9-11;2*1-2;/h4-6,9,13H,1-3,7-8,12H2;2*1-2H3;1H. The van der Waals surface area contributed by atoms with Gasteiger partial charge in [0.05, 0.1) is 6.61 Å². The summed E-state index contributed by atoms with van der Waals surface area (Å²) in [5, 5.41) is 9.16. The molecule has 0 amide bonds. The number of phenols is 1. The lowest BCUT2D eigenvalue weighted by atomic mass is 10.2. The lowest BCUT2D eigenvalue weighted by Gasteiger charge is -2.05. The second-order valence-electron chi connectivity index (χ2n) is 3.20. The molecule has 0 aliphatic heterocycles. The minimum absolute atomic E-state index is 0. The topological polar surface area (TPSA) is 55.5 Å². The molecule has 0 heterocycles. The lowest BCUT2D eigenvalue weighted by Crippen LogP contribution is -2.01. The molecule has 3 nitrogen and oxygen atoms in total. The molecule has 0 bridgehead atoms. The zero-order valence-electron chi connectivity index (χ0n) is 12.3. The molecular weight excluding hydrogens is 226 g/mol. The van der Waals surface area contributed by atoms with Crippen molar-refractivity contribution in [1.82, 2.24) is 0 Å². The van der Waals surface area contributed by atoms with E-state index in [0.29, 0.717) is 6.61 Å². The van der Waals surface area contributed by atoms with Crippen molar-refractivity contribution in [2.45, 2.75) is 47.0 Å². The number of hydrogen-bond donors (Lipinski definition) is 2. The van der Waals surface area contributed by atoms with Crippen molar-refractivity contribution < 1.29 is 11.3 Å². The number of phenolic OH excluding ortho intramolecular Hbond substituents is 1. The number of rotatable bonds is 6. The van der Waals surface area contributed by atoms with E-state index >= 15 is 0 Å². The Morgan fingerprint density at radius 2 is 1.78 bits per heavy atom. The Balaban J connectivity index is -0.000000467. The number of ether oxygens (including phenoxy) is 1. The number of hydrogen-bond acceptors (Lipinski definition) is 3. The number of nitrogens with two attached hydrogens (primary N) is 1. The number of unbranched alkanes of at least 4 members (excludes halogenated alkanes) is 2. The second-order valence-corrected chi connectivity index (χ2v) is 3.20. The van der Waals surface area contributed by atoms with Gasteiger partial charge in [-0.2, -0.15) is 0 Å². The van der Waals surface area contributed by atoms with E-state index in [1.165, 1.54) is 0 Å². The Morgan fingerprint density at radius 1 is 1.11 bits per heavy atom. The molecule has 18 heavy (non-hydrogen) atoms. The Labute approximate surface area is 113 Å². The highest BCUT2D eigenvalue weighted by Crippen LogP contribution is 2.17. The summed E-state index contributed by atoms with van der Waals surface area (Å²) in [5.74, 6) is 0.960. The molecule has 0 radical (unpaired) electrons. The number of benzene rings is 1. The smallest absolute Gasteiger partial charge is 0.122 e. The summed E-state index contributed by atoms with van der Waals surface area (Å²) in [6, 6.07) is 6.84. The monoisotopic (exact) mass is 257 g/mol. The molecule has 0 saturated carbocycles. The molecular formula is C15H31NO2. The molecule has 1 aromatic rings. The van der Waals surface area contributed by atoms with Gasteiger partial charge >= 0.3 is 0 Å². The van der Waals surface area contributed by atoms with Crippen LogP contribution in [0.25, 0.3) is 0 Å². The van der Waals surface area contributed by atoms with Crippen LogP contribution in [0.1, 0.15) is 48.4 Å². The average Bonchev–Trinajstić information content (AvgIpc) is 2.43. The van der Waals surface area contributed by atoms with Gasteiger partial charge in [0.1, 0.15) is 11.5 Å². The maximum absolute atomic E-state index is 9.16. The SMILES string of the molecule is CC.CC.NCCCCCOc1cccc(O)c1.[HH]. The van der Waals surface area contributed by atoms with Gasteiger partial charge in [0.2, 0.25) is 0 Å². The van der Waals surface area contributed by atoms with Crippen molar-refractivity contribution in [3.8, 4) is 11.5 Å². The van der Waals surface area contributed by atoms with Crippen LogP contribution >= 0.6 is 0 Å². The first-order valence-corrected chi connectivity index (χ1v) is 6.95. The molecule has 0 saturated heterocycles. The Hall–Kier alpha value is -1.22. The maximum atomic E-state index is 9.16. The molecule has 0 unspecified atom stereocenters. The lowest BCUT2D eigenvalue weighted by molar-refractivity contribution is 0.304. The first kappa shape index (κ1) is 19.1. The van der Waals surface area contributed by atoms with Gasteiger partial charge in [0, 0.05) is 7.49 Å².